The van der Waals surface area contributed by atoms with Gasteiger partial charge in [0.25, 0.3) is 5.91 Å². The highest BCUT2D eigenvalue weighted by molar-refractivity contribution is 6.39. The molecule has 0 radical (unpaired) electrons. The van der Waals surface area contributed by atoms with Crippen LogP contribution in [0.25, 0.3) is 6.08 Å². The van der Waals surface area contributed by atoms with Crippen LogP contribution in [0.4, 0.5) is 5.69 Å². The molecule has 0 unspecified atom stereocenters. The summed E-state index contributed by atoms with van der Waals surface area (Å²) in [5.41, 5.74) is 3.43. The van der Waals surface area contributed by atoms with Crippen molar-refractivity contribution in [2.75, 3.05) is 25.6 Å². The number of furan rings is 1. The van der Waals surface area contributed by atoms with Gasteiger partial charge in [-0.05, 0) is 75.1 Å². The lowest BCUT2D eigenvalue weighted by Crippen LogP contribution is -2.34. The van der Waals surface area contributed by atoms with Crippen molar-refractivity contribution in [3.05, 3.63) is 69.8 Å². The largest absolute Gasteiger partial charge is 0.465 e. The third-order valence-corrected chi connectivity index (χ3v) is 6.67. The summed E-state index contributed by atoms with van der Waals surface area (Å²) in [5, 5.41) is 5.08. The molecule has 10 nitrogen and oxygen atoms in total. The van der Waals surface area contributed by atoms with E-state index in [1.165, 1.54) is 18.1 Å². The van der Waals surface area contributed by atoms with E-state index < -0.39 is 17.8 Å². The molecule has 2 aliphatic rings. The first kappa shape index (κ1) is 26.9. The molecular weight excluding hydrogens is 490 g/mol. The lowest BCUT2D eigenvalue weighted by atomic mass is 10.1. The summed E-state index contributed by atoms with van der Waals surface area (Å²) < 4.78 is 16.3. The quantitative estimate of drug-likeness (QED) is 0.326. The van der Waals surface area contributed by atoms with Crippen molar-refractivity contribution < 1.29 is 33.1 Å². The number of carbonyl (C=O) groups is 4. The van der Waals surface area contributed by atoms with Gasteiger partial charge in [0.05, 0.1) is 37.4 Å². The normalized spacial score (nSPS) is 18.3. The van der Waals surface area contributed by atoms with Crippen LogP contribution in [0, 0.1) is 13.8 Å². The number of esters is 1. The number of carbonyl (C=O) groups excluding carboxylic acids is 4. The minimum atomic E-state index is -0.818. The Kier molecular flexibility index (Phi) is 8.11. The van der Waals surface area contributed by atoms with Crippen molar-refractivity contribution in [1.82, 2.24) is 10.2 Å². The van der Waals surface area contributed by atoms with Crippen molar-refractivity contribution in [3.8, 4) is 0 Å². The Morgan fingerprint density at radius 2 is 1.89 bits per heavy atom. The summed E-state index contributed by atoms with van der Waals surface area (Å²) in [4.78, 5) is 51.8. The van der Waals surface area contributed by atoms with Crippen LogP contribution in [0.2, 0.25) is 0 Å². The van der Waals surface area contributed by atoms with Crippen LogP contribution >= 0.6 is 0 Å². The van der Waals surface area contributed by atoms with Gasteiger partial charge in [-0.1, -0.05) is 6.07 Å². The Labute approximate surface area is 220 Å². The highest BCUT2D eigenvalue weighted by Crippen LogP contribution is 2.33. The van der Waals surface area contributed by atoms with E-state index in [9.17, 15) is 19.2 Å². The van der Waals surface area contributed by atoms with Gasteiger partial charge in [-0.25, -0.2) is 4.79 Å². The zero-order chi connectivity index (χ0) is 27.4. The number of amides is 3. The predicted octanol–water partition coefficient (Wildman–Crippen LogP) is 3.00. The molecule has 2 aliphatic heterocycles. The summed E-state index contributed by atoms with van der Waals surface area (Å²) in [6, 6.07) is 8.61. The third kappa shape index (κ3) is 5.86. The molecule has 0 spiro atoms. The standard InChI is InChI=1S/C28H31N3O7/c1-16-7-8-19(12-17(16)2)30-26(33)25(32)29-14-21-10-9-20(38-21)13-23-24(28(35)36-4)18(3)31(27(23)34)15-22-6-5-11-37-22/h7-10,12-13,22H,5-6,11,14-15H2,1-4H3,(H,29,32)(H,30,33)/b23-13+/t22-/m0/s1. The van der Waals surface area contributed by atoms with E-state index in [0.717, 1.165) is 24.0 Å². The van der Waals surface area contributed by atoms with Crippen LogP contribution in [0.1, 0.15) is 42.4 Å². The van der Waals surface area contributed by atoms with Gasteiger partial charge in [-0.2, -0.15) is 0 Å². The van der Waals surface area contributed by atoms with Crippen LogP contribution in [0.5, 0.6) is 0 Å². The Balaban J connectivity index is 1.42. The number of methoxy groups -OCH3 is 1. The fraction of sp³-hybridized carbons (Fsp3) is 0.357. The van der Waals surface area contributed by atoms with E-state index >= 15 is 0 Å². The Bertz CT molecular complexity index is 1330. The second-order valence-electron chi connectivity index (χ2n) is 9.30. The molecule has 200 valence electrons. The summed E-state index contributed by atoms with van der Waals surface area (Å²) in [6.45, 7) is 6.54. The van der Waals surface area contributed by atoms with Crippen LogP contribution in [0.3, 0.4) is 0 Å². The van der Waals surface area contributed by atoms with Gasteiger partial charge in [0, 0.05) is 18.0 Å². The first-order valence-corrected chi connectivity index (χ1v) is 12.4. The van der Waals surface area contributed by atoms with E-state index in [1.807, 2.05) is 19.9 Å². The number of rotatable bonds is 7. The maximum Gasteiger partial charge on any atom is 0.340 e. The summed E-state index contributed by atoms with van der Waals surface area (Å²) in [5.74, 6) is -1.90. The van der Waals surface area contributed by atoms with E-state index in [-0.39, 0.29) is 29.7 Å². The molecule has 0 aliphatic carbocycles. The smallest absolute Gasteiger partial charge is 0.340 e. The van der Waals surface area contributed by atoms with Gasteiger partial charge in [0.15, 0.2) is 0 Å². The Morgan fingerprint density at radius 1 is 1.11 bits per heavy atom. The van der Waals surface area contributed by atoms with Crippen molar-refractivity contribution in [1.29, 1.82) is 0 Å². The number of nitrogens with zero attached hydrogens (tertiary/aromatic N) is 1. The Morgan fingerprint density at radius 3 is 2.58 bits per heavy atom. The first-order chi connectivity index (χ1) is 18.2. The molecule has 1 atom stereocenters. The highest BCUT2D eigenvalue weighted by Gasteiger charge is 2.38. The molecule has 1 aromatic carbocycles. The van der Waals surface area contributed by atoms with Crippen LogP contribution in [-0.2, 0) is 35.2 Å². The molecule has 4 rings (SSSR count). The molecule has 2 aromatic rings. The minimum Gasteiger partial charge on any atom is -0.465 e. The van der Waals surface area contributed by atoms with Crippen molar-refractivity contribution in [2.24, 2.45) is 0 Å². The second-order valence-corrected chi connectivity index (χ2v) is 9.30. The van der Waals surface area contributed by atoms with Gasteiger partial charge in [0.2, 0.25) is 0 Å². The lowest BCUT2D eigenvalue weighted by Gasteiger charge is -2.21. The highest BCUT2D eigenvalue weighted by atomic mass is 16.5. The number of nitrogens with one attached hydrogen (secondary N) is 2. The fourth-order valence-electron chi connectivity index (χ4n) is 4.40. The van der Waals surface area contributed by atoms with Crippen molar-refractivity contribution in [2.45, 2.75) is 46.3 Å². The van der Waals surface area contributed by atoms with Gasteiger partial charge in [0.1, 0.15) is 11.5 Å². The summed E-state index contributed by atoms with van der Waals surface area (Å²) >= 11 is 0. The number of allylic oxidation sites excluding steroid dienone is 1. The molecule has 0 bridgehead atoms. The van der Waals surface area contributed by atoms with E-state index in [4.69, 9.17) is 13.9 Å². The zero-order valence-electron chi connectivity index (χ0n) is 21.9. The molecule has 2 N–H and O–H groups in total. The number of anilines is 1. The molecule has 1 saturated heterocycles. The van der Waals surface area contributed by atoms with E-state index in [0.29, 0.717) is 36.1 Å². The SMILES string of the molecule is COC(=O)C1=C(C)N(C[C@@H]2CCCO2)C(=O)/C1=C/c1ccc(CNC(=O)C(=O)Nc2ccc(C)c(C)c2)o1. The topological polar surface area (TPSA) is 127 Å². The molecule has 3 heterocycles. The number of ether oxygens (including phenoxy) is 2. The van der Waals surface area contributed by atoms with Crippen LogP contribution in [0.15, 0.2) is 51.6 Å². The molecule has 38 heavy (non-hydrogen) atoms. The predicted molar refractivity (Wildman–Crippen MR) is 138 cm³/mol. The minimum absolute atomic E-state index is 0.0415. The van der Waals surface area contributed by atoms with Gasteiger partial charge in [-0.3, -0.25) is 14.4 Å². The van der Waals surface area contributed by atoms with Gasteiger partial charge in [-0.15, -0.1) is 0 Å². The monoisotopic (exact) mass is 521 g/mol. The molecule has 10 heteroatoms. The number of hydrogen-bond acceptors (Lipinski definition) is 7. The zero-order valence-corrected chi connectivity index (χ0v) is 21.9. The number of hydrogen-bond donors (Lipinski definition) is 2. The van der Waals surface area contributed by atoms with Gasteiger partial charge < -0.3 is 29.4 Å². The van der Waals surface area contributed by atoms with Crippen molar-refractivity contribution in [3.63, 3.8) is 0 Å². The maximum absolute atomic E-state index is 13.2. The number of aryl methyl sites for hydroxylation is 2. The lowest BCUT2D eigenvalue weighted by molar-refractivity contribution is -0.136. The molecule has 0 saturated carbocycles. The van der Waals surface area contributed by atoms with Crippen molar-refractivity contribution >= 4 is 35.5 Å². The molecule has 1 aromatic heterocycles. The first-order valence-electron chi connectivity index (χ1n) is 12.4. The molecular formula is C28H31N3O7. The molecule has 3 amide bonds. The maximum atomic E-state index is 13.2. The van der Waals surface area contributed by atoms with E-state index in [1.54, 1.807) is 31.2 Å². The van der Waals surface area contributed by atoms with Crippen LogP contribution in [-0.4, -0.2) is 55.0 Å². The Hall–Kier alpha value is -4.18. The van der Waals surface area contributed by atoms with E-state index in [2.05, 4.69) is 10.6 Å². The van der Waals surface area contributed by atoms with Gasteiger partial charge >= 0.3 is 17.8 Å². The number of benzene rings is 1. The summed E-state index contributed by atoms with van der Waals surface area (Å²) in [7, 11) is 1.26. The second kappa shape index (κ2) is 11.5. The molecule has 1 fully saturated rings. The summed E-state index contributed by atoms with van der Waals surface area (Å²) in [6.07, 6.45) is 3.17. The third-order valence-electron chi connectivity index (χ3n) is 6.67. The average Bonchev–Trinajstić information content (AvgIpc) is 3.63. The average molecular weight is 522 g/mol. The fourth-order valence-corrected chi connectivity index (χ4v) is 4.40. The van der Waals surface area contributed by atoms with Crippen LogP contribution < -0.4 is 10.6 Å².